The standard InChI is InChI=1S/C23H24N2O4/c1-28-19-9-10-20-17(15-29-21(20)13-19)12-22(26)25-11-5-6-16(14-25)23(27)24-18-7-3-2-4-8-18/h2-4,7-10,13,15-16H,5-6,11-12,14H2,1H3,(H,24,27). The lowest BCUT2D eigenvalue weighted by Gasteiger charge is -2.32. The van der Waals surface area contributed by atoms with Crippen LogP contribution in [0.1, 0.15) is 18.4 Å². The van der Waals surface area contributed by atoms with Crippen LogP contribution in [0.15, 0.2) is 59.2 Å². The molecule has 1 aliphatic rings. The molecule has 29 heavy (non-hydrogen) atoms. The minimum absolute atomic E-state index is 0.0146. The van der Waals surface area contributed by atoms with Gasteiger partial charge in [0.05, 0.1) is 25.7 Å². The Balaban J connectivity index is 1.40. The highest BCUT2D eigenvalue weighted by atomic mass is 16.5. The third-order valence-corrected chi connectivity index (χ3v) is 5.39. The van der Waals surface area contributed by atoms with Crippen LogP contribution >= 0.6 is 0 Å². The fraction of sp³-hybridized carbons (Fsp3) is 0.304. The van der Waals surface area contributed by atoms with Gasteiger partial charge in [-0.25, -0.2) is 0 Å². The van der Waals surface area contributed by atoms with Gasteiger partial charge in [0.25, 0.3) is 0 Å². The number of fused-ring (bicyclic) bond motifs is 1. The fourth-order valence-electron chi connectivity index (χ4n) is 3.79. The molecule has 2 heterocycles. The van der Waals surface area contributed by atoms with Gasteiger partial charge in [-0.15, -0.1) is 0 Å². The maximum absolute atomic E-state index is 12.9. The van der Waals surface area contributed by atoms with E-state index in [2.05, 4.69) is 5.32 Å². The lowest BCUT2D eigenvalue weighted by Crippen LogP contribution is -2.44. The zero-order valence-corrected chi connectivity index (χ0v) is 16.4. The van der Waals surface area contributed by atoms with Crippen LogP contribution in [0.3, 0.4) is 0 Å². The average Bonchev–Trinajstić information content (AvgIpc) is 3.16. The minimum atomic E-state index is -0.196. The van der Waals surface area contributed by atoms with Crippen molar-refractivity contribution < 1.29 is 18.7 Å². The summed E-state index contributed by atoms with van der Waals surface area (Å²) in [6, 6.07) is 15.0. The van der Waals surface area contributed by atoms with Crippen LogP contribution in [-0.4, -0.2) is 36.9 Å². The molecule has 2 amide bonds. The number of anilines is 1. The predicted molar refractivity (Wildman–Crippen MR) is 111 cm³/mol. The molecule has 3 aromatic rings. The summed E-state index contributed by atoms with van der Waals surface area (Å²) >= 11 is 0. The van der Waals surface area contributed by atoms with E-state index in [0.717, 1.165) is 29.5 Å². The normalized spacial score (nSPS) is 16.6. The van der Waals surface area contributed by atoms with E-state index in [9.17, 15) is 9.59 Å². The Bertz CT molecular complexity index is 1010. The highest BCUT2D eigenvalue weighted by Crippen LogP contribution is 2.27. The number of hydrogen-bond acceptors (Lipinski definition) is 4. The molecule has 0 saturated carbocycles. The number of hydrogen-bond donors (Lipinski definition) is 1. The Morgan fingerprint density at radius 2 is 2.03 bits per heavy atom. The number of benzene rings is 2. The zero-order valence-electron chi connectivity index (χ0n) is 16.4. The van der Waals surface area contributed by atoms with Crippen LogP contribution in [0.4, 0.5) is 5.69 Å². The Morgan fingerprint density at radius 1 is 1.21 bits per heavy atom. The summed E-state index contributed by atoms with van der Waals surface area (Å²) in [5, 5.41) is 3.86. The molecule has 1 saturated heterocycles. The molecule has 0 bridgehead atoms. The number of nitrogens with one attached hydrogen (secondary N) is 1. The van der Waals surface area contributed by atoms with E-state index in [1.54, 1.807) is 18.3 Å². The second kappa shape index (κ2) is 8.39. The highest BCUT2D eigenvalue weighted by molar-refractivity contribution is 5.93. The second-order valence-electron chi connectivity index (χ2n) is 7.33. The van der Waals surface area contributed by atoms with Gasteiger partial charge >= 0.3 is 0 Å². The van der Waals surface area contributed by atoms with Crippen molar-refractivity contribution in [3.8, 4) is 5.75 Å². The van der Waals surface area contributed by atoms with Crippen molar-refractivity contribution >= 4 is 28.5 Å². The molecule has 1 N–H and O–H groups in total. The molecule has 1 unspecified atom stereocenters. The molecule has 0 spiro atoms. The van der Waals surface area contributed by atoms with E-state index in [-0.39, 0.29) is 24.2 Å². The number of likely N-dealkylation sites (tertiary alicyclic amines) is 1. The zero-order chi connectivity index (χ0) is 20.2. The van der Waals surface area contributed by atoms with Gasteiger partial charge in [0.1, 0.15) is 11.3 Å². The summed E-state index contributed by atoms with van der Waals surface area (Å²) in [6.45, 7) is 1.12. The molecule has 150 valence electrons. The molecular weight excluding hydrogens is 368 g/mol. The van der Waals surface area contributed by atoms with Crippen molar-refractivity contribution in [2.24, 2.45) is 5.92 Å². The number of nitrogens with zero attached hydrogens (tertiary/aromatic N) is 1. The summed E-state index contributed by atoms with van der Waals surface area (Å²) in [6.07, 6.45) is 3.50. The Kier molecular flexibility index (Phi) is 5.51. The van der Waals surface area contributed by atoms with E-state index in [4.69, 9.17) is 9.15 Å². The molecule has 2 aromatic carbocycles. The first-order valence-corrected chi connectivity index (χ1v) is 9.82. The topological polar surface area (TPSA) is 71.8 Å². The molecule has 1 aliphatic heterocycles. The van der Waals surface area contributed by atoms with E-state index in [0.29, 0.717) is 24.4 Å². The van der Waals surface area contributed by atoms with Crippen LogP contribution < -0.4 is 10.1 Å². The van der Waals surface area contributed by atoms with E-state index in [1.807, 2.05) is 48.5 Å². The van der Waals surface area contributed by atoms with Crippen LogP contribution in [0, 0.1) is 5.92 Å². The maximum atomic E-state index is 12.9. The Hall–Kier alpha value is -3.28. The number of carbonyl (C=O) groups is 2. The summed E-state index contributed by atoms with van der Waals surface area (Å²) in [5.74, 6) is 0.501. The molecule has 0 radical (unpaired) electrons. The van der Waals surface area contributed by atoms with E-state index in [1.165, 1.54) is 0 Å². The summed E-state index contributed by atoms with van der Waals surface area (Å²) in [5.41, 5.74) is 2.33. The first-order valence-electron chi connectivity index (χ1n) is 9.82. The van der Waals surface area contributed by atoms with Crippen LogP contribution in [0.25, 0.3) is 11.0 Å². The quantitative estimate of drug-likeness (QED) is 0.716. The van der Waals surface area contributed by atoms with Crippen molar-refractivity contribution in [1.29, 1.82) is 0 Å². The first kappa shape index (κ1) is 19.1. The lowest BCUT2D eigenvalue weighted by molar-refractivity contribution is -0.133. The minimum Gasteiger partial charge on any atom is -0.497 e. The van der Waals surface area contributed by atoms with Gasteiger partial charge < -0.3 is 19.4 Å². The van der Waals surface area contributed by atoms with Crippen molar-refractivity contribution in [2.45, 2.75) is 19.3 Å². The molecule has 6 heteroatoms. The molecule has 6 nitrogen and oxygen atoms in total. The number of para-hydroxylation sites is 1. The summed E-state index contributed by atoms with van der Waals surface area (Å²) in [4.78, 5) is 27.3. The largest absolute Gasteiger partial charge is 0.497 e. The van der Waals surface area contributed by atoms with Gasteiger partial charge in [-0.1, -0.05) is 18.2 Å². The van der Waals surface area contributed by atoms with Gasteiger partial charge in [0, 0.05) is 35.8 Å². The van der Waals surface area contributed by atoms with Gasteiger partial charge in [0.2, 0.25) is 11.8 Å². The smallest absolute Gasteiger partial charge is 0.229 e. The molecular formula is C23H24N2O4. The number of rotatable bonds is 5. The molecule has 4 rings (SSSR count). The van der Waals surface area contributed by atoms with Gasteiger partial charge in [-0.05, 0) is 37.1 Å². The Labute approximate surface area is 169 Å². The average molecular weight is 392 g/mol. The second-order valence-corrected chi connectivity index (χ2v) is 7.33. The lowest BCUT2D eigenvalue weighted by atomic mass is 9.96. The summed E-state index contributed by atoms with van der Waals surface area (Å²) < 4.78 is 10.8. The van der Waals surface area contributed by atoms with Crippen LogP contribution in [0.5, 0.6) is 5.75 Å². The van der Waals surface area contributed by atoms with Gasteiger partial charge in [-0.3, -0.25) is 9.59 Å². The molecule has 1 atom stereocenters. The monoisotopic (exact) mass is 392 g/mol. The number of furan rings is 1. The molecule has 1 fully saturated rings. The number of amides is 2. The fourth-order valence-corrected chi connectivity index (χ4v) is 3.79. The molecule has 0 aliphatic carbocycles. The van der Waals surface area contributed by atoms with Crippen molar-refractivity contribution in [3.05, 3.63) is 60.4 Å². The number of ether oxygens (including phenoxy) is 1. The van der Waals surface area contributed by atoms with Crippen molar-refractivity contribution in [3.63, 3.8) is 0 Å². The highest BCUT2D eigenvalue weighted by Gasteiger charge is 2.29. The van der Waals surface area contributed by atoms with Gasteiger partial charge in [0.15, 0.2) is 0 Å². The third-order valence-electron chi connectivity index (χ3n) is 5.39. The van der Waals surface area contributed by atoms with Crippen LogP contribution in [0.2, 0.25) is 0 Å². The summed E-state index contributed by atoms with van der Waals surface area (Å²) in [7, 11) is 1.61. The van der Waals surface area contributed by atoms with Crippen LogP contribution in [-0.2, 0) is 16.0 Å². The van der Waals surface area contributed by atoms with E-state index < -0.39 is 0 Å². The SMILES string of the molecule is COc1ccc2c(CC(=O)N3CCCC(C(=O)Nc4ccccc4)C3)coc2c1. The predicted octanol–water partition coefficient (Wildman–Crippen LogP) is 3.86. The number of carbonyl (C=O) groups excluding carboxylic acids is 2. The van der Waals surface area contributed by atoms with Gasteiger partial charge in [-0.2, -0.15) is 0 Å². The van der Waals surface area contributed by atoms with Crippen molar-refractivity contribution in [2.75, 3.05) is 25.5 Å². The maximum Gasteiger partial charge on any atom is 0.229 e. The van der Waals surface area contributed by atoms with Crippen molar-refractivity contribution in [1.82, 2.24) is 4.90 Å². The number of piperidine rings is 1. The third kappa shape index (κ3) is 4.26. The van der Waals surface area contributed by atoms with E-state index >= 15 is 0 Å². The Morgan fingerprint density at radius 3 is 2.83 bits per heavy atom. The molecule has 1 aromatic heterocycles. The first-order chi connectivity index (χ1) is 14.1. The number of methoxy groups -OCH3 is 1.